The van der Waals surface area contributed by atoms with Crippen molar-refractivity contribution >= 4 is 5.97 Å². The molecule has 2 unspecified atom stereocenters. The van der Waals surface area contributed by atoms with Crippen molar-refractivity contribution in [1.82, 2.24) is 0 Å². The van der Waals surface area contributed by atoms with Gasteiger partial charge in [-0.05, 0) is 31.0 Å². The van der Waals surface area contributed by atoms with Crippen LogP contribution in [0.15, 0.2) is 18.2 Å². The minimum Gasteiger partial charge on any atom is -0.490 e. The summed E-state index contributed by atoms with van der Waals surface area (Å²) in [5, 5.41) is 10.5. The fraction of sp³-hybridized carbons (Fsp3) is 0.562. The Morgan fingerprint density at radius 3 is 2.67 bits per heavy atom. The fourth-order valence-electron chi connectivity index (χ4n) is 2.36. The van der Waals surface area contributed by atoms with Crippen molar-refractivity contribution in [3.05, 3.63) is 23.8 Å². The predicted molar refractivity (Wildman–Crippen MR) is 77.4 cm³/mol. The Morgan fingerprint density at radius 2 is 2.00 bits per heavy atom. The molecule has 2 atom stereocenters. The Morgan fingerprint density at radius 1 is 1.29 bits per heavy atom. The number of carbonyl (C=O) groups excluding carboxylic acids is 1. The second-order valence-corrected chi connectivity index (χ2v) is 4.97. The Bertz CT molecular complexity index is 486. The van der Waals surface area contributed by atoms with E-state index in [1.54, 1.807) is 25.1 Å². The molecule has 0 aromatic heterocycles. The highest BCUT2D eigenvalue weighted by Gasteiger charge is 2.28. The van der Waals surface area contributed by atoms with Gasteiger partial charge in [0.2, 0.25) is 0 Å². The van der Waals surface area contributed by atoms with Gasteiger partial charge in [-0.2, -0.15) is 0 Å². The molecular weight excluding hydrogens is 272 g/mol. The van der Waals surface area contributed by atoms with Gasteiger partial charge in [0.05, 0.1) is 31.8 Å². The third kappa shape index (κ3) is 3.67. The zero-order valence-electron chi connectivity index (χ0n) is 12.5. The standard InChI is InChI=1S/C16H22O5/c1-3-12(16(18)19-4-2)15(17)11-6-7-13-14(10-11)21-9-5-8-20-13/h6-7,10,12,15,17H,3-5,8-9H2,1-2H3. The molecule has 116 valence electrons. The number of benzene rings is 1. The summed E-state index contributed by atoms with van der Waals surface area (Å²) in [5.41, 5.74) is 0.638. The van der Waals surface area contributed by atoms with Gasteiger partial charge in [0.15, 0.2) is 11.5 Å². The lowest BCUT2D eigenvalue weighted by Crippen LogP contribution is -2.24. The minimum absolute atomic E-state index is 0.309. The highest BCUT2D eigenvalue weighted by molar-refractivity contribution is 5.73. The topological polar surface area (TPSA) is 65.0 Å². The first-order valence-electron chi connectivity index (χ1n) is 7.41. The number of hydrogen-bond donors (Lipinski definition) is 1. The molecule has 1 aliphatic rings. The monoisotopic (exact) mass is 294 g/mol. The van der Waals surface area contributed by atoms with Gasteiger partial charge >= 0.3 is 5.97 Å². The van der Waals surface area contributed by atoms with Crippen molar-refractivity contribution in [3.63, 3.8) is 0 Å². The van der Waals surface area contributed by atoms with E-state index in [4.69, 9.17) is 14.2 Å². The van der Waals surface area contributed by atoms with Crippen LogP contribution in [0.3, 0.4) is 0 Å². The summed E-state index contributed by atoms with van der Waals surface area (Å²) < 4.78 is 16.2. The van der Waals surface area contributed by atoms with Crippen LogP contribution >= 0.6 is 0 Å². The fourth-order valence-corrected chi connectivity index (χ4v) is 2.36. The number of carbonyl (C=O) groups is 1. The lowest BCUT2D eigenvalue weighted by Gasteiger charge is -2.21. The van der Waals surface area contributed by atoms with Crippen LogP contribution in [-0.4, -0.2) is 30.9 Å². The van der Waals surface area contributed by atoms with E-state index in [1.165, 1.54) is 0 Å². The molecule has 0 saturated heterocycles. The molecule has 1 heterocycles. The van der Waals surface area contributed by atoms with Crippen molar-refractivity contribution in [1.29, 1.82) is 0 Å². The van der Waals surface area contributed by atoms with Crippen LogP contribution in [0.2, 0.25) is 0 Å². The van der Waals surface area contributed by atoms with Gasteiger partial charge < -0.3 is 19.3 Å². The van der Waals surface area contributed by atoms with Crippen LogP contribution in [0.4, 0.5) is 0 Å². The molecule has 0 aliphatic carbocycles. The van der Waals surface area contributed by atoms with Gasteiger partial charge in [-0.25, -0.2) is 0 Å². The molecule has 21 heavy (non-hydrogen) atoms. The molecule has 0 spiro atoms. The quantitative estimate of drug-likeness (QED) is 0.845. The van der Waals surface area contributed by atoms with Crippen LogP contribution in [0.1, 0.15) is 38.4 Å². The molecule has 0 amide bonds. The van der Waals surface area contributed by atoms with Gasteiger partial charge in [0, 0.05) is 6.42 Å². The highest BCUT2D eigenvalue weighted by Crippen LogP contribution is 2.35. The predicted octanol–water partition coefficient (Wildman–Crippen LogP) is 2.47. The van der Waals surface area contributed by atoms with Crippen molar-refractivity contribution in [2.75, 3.05) is 19.8 Å². The molecule has 2 rings (SSSR count). The number of hydrogen-bond acceptors (Lipinski definition) is 5. The molecule has 0 bridgehead atoms. The van der Waals surface area contributed by atoms with Crippen LogP contribution in [0.25, 0.3) is 0 Å². The molecule has 1 aromatic rings. The Hall–Kier alpha value is -1.75. The maximum atomic E-state index is 11.9. The molecule has 0 fully saturated rings. The smallest absolute Gasteiger partial charge is 0.311 e. The summed E-state index contributed by atoms with van der Waals surface area (Å²) in [6, 6.07) is 5.28. The van der Waals surface area contributed by atoms with Crippen molar-refractivity contribution in [3.8, 4) is 11.5 Å². The normalized spacial score (nSPS) is 16.7. The Labute approximate surface area is 124 Å². The first-order valence-corrected chi connectivity index (χ1v) is 7.41. The van der Waals surface area contributed by atoms with Gasteiger partial charge in [-0.15, -0.1) is 0 Å². The molecule has 1 aromatic carbocycles. The largest absolute Gasteiger partial charge is 0.490 e. The van der Waals surface area contributed by atoms with E-state index >= 15 is 0 Å². The zero-order chi connectivity index (χ0) is 15.2. The van der Waals surface area contributed by atoms with Crippen LogP contribution in [0.5, 0.6) is 11.5 Å². The molecular formula is C16H22O5. The van der Waals surface area contributed by atoms with Crippen molar-refractivity contribution in [2.45, 2.75) is 32.8 Å². The second kappa shape index (κ2) is 7.31. The number of rotatable bonds is 5. The lowest BCUT2D eigenvalue weighted by molar-refractivity contribution is -0.152. The number of ether oxygens (including phenoxy) is 3. The van der Waals surface area contributed by atoms with E-state index in [0.717, 1.165) is 6.42 Å². The number of aliphatic hydroxyl groups excluding tert-OH is 1. The van der Waals surface area contributed by atoms with Crippen LogP contribution in [-0.2, 0) is 9.53 Å². The maximum absolute atomic E-state index is 11.9. The van der Waals surface area contributed by atoms with Gasteiger partial charge in [-0.3, -0.25) is 4.79 Å². The minimum atomic E-state index is -0.911. The second-order valence-electron chi connectivity index (χ2n) is 4.97. The number of fused-ring (bicyclic) bond motifs is 1. The zero-order valence-corrected chi connectivity index (χ0v) is 12.5. The maximum Gasteiger partial charge on any atom is 0.311 e. The van der Waals surface area contributed by atoms with E-state index in [2.05, 4.69) is 0 Å². The van der Waals surface area contributed by atoms with Crippen molar-refractivity contribution < 1.29 is 24.1 Å². The van der Waals surface area contributed by atoms with Gasteiger partial charge in [0.1, 0.15) is 0 Å². The molecule has 1 aliphatic heterocycles. The van der Waals surface area contributed by atoms with E-state index in [0.29, 0.717) is 43.3 Å². The molecule has 1 N–H and O–H groups in total. The summed E-state index contributed by atoms with van der Waals surface area (Å²) in [5.74, 6) is 0.338. The molecule has 0 saturated carbocycles. The van der Waals surface area contributed by atoms with Gasteiger partial charge in [-0.1, -0.05) is 13.0 Å². The van der Waals surface area contributed by atoms with E-state index in [1.807, 2.05) is 6.92 Å². The third-order valence-corrected chi connectivity index (χ3v) is 3.52. The first kappa shape index (κ1) is 15.6. The number of aliphatic hydroxyl groups is 1. The van der Waals surface area contributed by atoms with E-state index in [9.17, 15) is 9.90 Å². The average molecular weight is 294 g/mol. The summed E-state index contributed by atoms with van der Waals surface area (Å²) >= 11 is 0. The van der Waals surface area contributed by atoms with Crippen molar-refractivity contribution in [2.24, 2.45) is 5.92 Å². The summed E-state index contributed by atoms with van der Waals surface area (Å²) in [4.78, 5) is 11.9. The molecule has 5 heteroatoms. The Kier molecular flexibility index (Phi) is 5.44. The molecule has 5 nitrogen and oxygen atoms in total. The van der Waals surface area contributed by atoms with E-state index < -0.39 is 12.0 Å². The third-order valence-electron chi connectivity index (χ3n) is 3.52. The lowest BCUT2D eigenvalue weighted by atomic mass is 9.93. The first-order chi connectivity index (χ1) is 10.2. The molecule has 0 radical (unpaired) electrons. The van der Waals surface area contributed by atoms with E-state index in [-0.39, 0.29) is 5.97 Å². The summed E-state index contributed by atoms with van der Waals surface area (Å²) in [7, 11) is 0. The summed E-state index contributed by atoms with van der Waals surface area (Å²) in [6.07, 6.45) is 0.424. The number of esters is 1. The van der Waals surface area contributed by atoms with Crippen LogP contribution < -0.4 is 9.47 Å². The SMILES string of the molecule is CCOC(=O)C(CC)C(O)c1ccc2c(c1)OCCCO2. The average Bonchev–Trinajstić information content (AvgIpc) is 2.72. The van der Waals surface area contributed by atoms with Gasteiger partial charge in [0.25, 0.3) is 0 Å². The van der Waals surface area contributed by atoms with Crippen LogP contribution in [0, 0.1) is 5.92 Å². The Balaban J connectivity index is 2.20. The highest BCUT2D eigenvalue weighted by atomic mass is 16.5. The summed E-state index contributed by atoms with van der Waals surface area (Å²) in [6.45, 7) is 5.12.